The van der Waals surface area contributed by atoms with E-state index >= 15 is 0 Å². The van der Waals surface area contributed by atoms with Gasteiger partial charge < -0.3 is 0 Å². The van der Waals surface area contributed by atoms with Crippen molar-refractivity contribution in [2.24, 2.45) is 0 Å². The van der Waals surface area contributed by atoms with Crippen LogP contribution < -0.4 is 5.46 Å². The van der Waals surface area contributed by atoms with Crippen LogP contribution in [-0.4, -0.2) is 14.1 Å². The molecule has 50 valence electrons. The van der Waals surface area contributed by atoms with Crippen LogP contribution in [0.2, 0.25) is 0 Å². The van der Waals surface area contributed by atoms with Gasteiger partial charge in [-0.1, -0.05) is 29.2 Å². The highest BCUT2D eigenvalue weighted by Gasteiger charge is 1.92. The molecule has 0 N–H and O–H groups in total. The van der Waals surface area contributed by atoms with E-state index < -0.39 is 0 Å². The SMILES string of the molecule is Bc1cc(C=O)ccc1C. The number of carbonyl (C=O) groups is 1. The molecular formula is C8H9BO. The van der Waals surface area contributed by atoms with E-state index in [0.717, 1.165) is 11.8 Å². The summed E-state index contributed by atoms with van der Waals surface area (Å²) in [6.45, 7) is 2.03. The third-order valence-electron chi connectivity index (χ3n) is 1.67. The number of aryl methyl sites for hydroxylation is 1. The predicted octanol–water partition coefficient (Wildman–Crippen LogP) is 0.0659. The summed E-state index contributed by atoms with van der Waals surface area (Å²) in [7, 11) is 2.00. The lowest BCUT2D eigenvalue weighted by atomic mass is 9.90. The van der Waals surface area contributed by atoms with Crippen molar-refractivity contribution < 1.29 is 4.79 Å². The van der Waals surface area contributed by atoms with Gasteiger partial charge in [-0.2, -0.15) is 0 Å². The van der Waals surface area contributed by atoms with E-state index in [1.165, 1.54) is 11.0 Å². The Morgan fingerprint density at radius 1 is 1.50 bits per heavy atom. The van der Waals surface area contributed by atoms with E-state index in [1.54, 1.807) is 0 Å². The summed E-state index contributed by atoms with van der Waals surface area (Å²) in [4.78, 5) is 10.3. The summed E-state index contributed by atoms with van der Waals surface area (Å²) >= 11 is 0. The molecule has 0 saturated carbocycles. The molecule has 0 heterocycles. The number of carbonyl (C=O) groups excluding carboxylic acids is 1. The van der Waals surface area contributed by atoms with Gasteiger partial charge in [-0.05, 0) is 6.92 Å². The van der Waals surface area contributed by atoms with Crippen LogP contribution in [0, 0.1) is 6.92 Å². The quantitative estimate of drug-likeness (QED) is 0.390. The first-order valence-electron chi connectivity index (χ1n) is 3.26. The highest BCUT2D eigenvalue weighted by molar-refractivity contribution is 6.33. The molecule has 0 aliphatic heterocycles. The number of hydrogen-bond acceptors (Lipinski definition) is 1. The second-order valence-electron chi connectivity index (χ2n) is 2.46. The predicted molar refractivity (Wildman–Crippen MR) is 44.7 cm³/mol. The Balaban J connectivity index is 3.16. The van der Waals surface area contributed by atoms with Crippen LogP contribution in [0.15, 0.2) is 18.2 Å². The number of aldehydes is 1. The van der Waals surface area contributed by atoms with Crippen LogP contribution >= 0.6 is 0 Å². The molecule has 1 rings (SSSR count). The van der Waals surface area contributed by atoms with Crippen molar-refractivity contribution in [2.75, 3.05) is 0 Å². The van der Waals surface area contributed by atoms with Gasteiger partial charge in [0.25, 0.3) is 0 Å². The zero-order valence-corrected chi connectivity index (χ0v) is 6.22. The average molecular weight is 132 g/mol. The minimum absolute atomic E-state index is 0.753. The average Bonchev–Trinajstić information content (AvgIpc) is 1.95. The van der Waals surface area contributed by atoms with Gasteiger partial charge in [-0.15, -0.1) is 0 Å². The minimum atomic E-state index is 0.753. The lowest BCUT2D eigenvalue weighted by Gasteiger charge is -1.97. The summed E-state index contributed by atoms with van der Waals surface area (Å²) in [5, 5.41) is 0. The minimum Gasteiger partial charge on any atom is -0.298 e. The smallest absolute Gasteiger partial charge is 0.150 e. The van der Waals surface area contributed by atoms with E-state index in [9.17, 15) is 4.79 Å². The summed E-state index contributed by atoms with van der Waals surface area (Å²) in [6.07, 6.45) is 0.868. The molecule has 0 saturated heterocycles. The van der Waals surface area contributed by atoms with Gasteiger partial charge in [-0.3, -0.25) is 4.79 Å². The maximum Gasteiger partial charge on any atom is 0.150 e. The Hall–Kier alpha value is -1.05. The Kier molecular flexibility index (Phi) is 1.90. The van der Waals surface area contributed by atoms with Crippen LogP contribution in [0.3, 0.4) is 0 Å². The Morgan fingerprint density at radius 2 is 2.20 bits per heavy atom. The molecule has 0 amide bonds. The zero-order valence-electron chi connectivity index (χ0n) is 6.22. The van der Waals surface area contributed by atoms with Crippen molar-refractivity contribution >= 4 is 19.6 Å². The zero-order chi connectivity index (χ0) is 7.56. The first-order valence-corrected chi connectivity index (χ1v) is 3.26. The third-order valence-corrected chi connectivity index (χ3v) is 1.67. The van der Waals surface area contributed by atoms with Crippen molar-refractivity contribution in [3.63, 3.8) is 0 Å². The van der Waals surface area contributed by atoms with Gasteiger partial charge in [0, 0.05) is 5.56 Å². The van der Waals surface area contributed by atoms with Crippen LogP contribution in [0.4, 0.5) is 0 Å². The topological polar surface area (TPSA) is 17.1 Å². The van der Waals surface area contributed by atoms with Gasteiger partial charge in [0.1, 0.15) is 14.1 Å². The number of benzene rings is 1. The largest absolute Gasteiger partial charge is 0.298 e. The Labute approximate surface area is 61.5 Å². The molecule has 0 atom stereocenters. The Morgan fingerprint density at radius 3 is 2.70 bits per heavy atom. The molecule has 0 aliphatic carbocycles. The summed E-state index contributed by atoms with van der Waals surface area (Å²) < 4.78 is 0. The van der Waals surface area contributed by atoms with Crippen molar-refractivity contribution in [2.45, 2.75) is 6.92 Å². The monoisotopic (exact) mass is 132 g/mol. The maximum absolute atomic E-state index is 10.3. The van der Waals surface area contributed by atoms with Crippen molar-refractivity contribution in [3.8, 4) is 0 Å². The van der Waals surface area contributed by atoms with Crippen LogP contribution in [0.1, 0.15) is 15.9 Å². The summed E-state index contributed by atoms with van der Waals surface area (Å²) in [5.41, 5.74) is 3.15. The standard InChI is InChI=1S/C8H9BO/c1-6-2-3-7(5-10)4-8(6)9/h2-5H,9H2,1H3. The van der Waals surface area contributed by atoms with Gasteiger partial charge >= 0.3 is 0 Å². The van der Waals surface area contributed by atoms with Crippen molar-refractivity contribution in [1.82, 2.24) is 0 Å². The molecule has 1 aromatic rings. The fraction of sp³-hybridized carbons (Fsp3) is 0.125. The highest BCUT2D eigenvalue weighted by atomic mass is 16.1. The molecule has 0 aromatic heterocycles. The molecule has 1 nitrogen and oxygen atoms in total. The first-order chi connectivity index (χ1) is 4.74. The van der Waals surface area contributed by atoms with Gasteiger partial charge in [0.05, 0.1) is 0 Å². The third kappa shape index (κ3) is 1.27. The number of rotatable bonds is 1. The number of hydrogen-bond donors (Lipinski definition) is 0. The molecule has 1 aromatic carbocycles. The van der Waals surface area contributed by atoms with E-state index in [1.807, 2.05) is 33.0 Å². The maximum atomic E-state index is 10.3. The Bertz CT molecular complexity index is 255. The highest BCUT2D eigenvalue weighted by Crippen LogP contribution is 1.95. The van der Waals surface area contributed by atoms with Crippen molar-refractivity contribution in [1.29, 1.82) is 0 Å². The summed E-state index contributed by atoms with van der Waals surface area (Å²) in [5.74, 6) is 0. The fourth-order valence-electron chi connectivity index (χ4n) is 0.838. The second-order valence-corrected chi connectivity index (χ2v) is 2.46. The first kappa shape index (κ1) is 7.07. The van der Waals surface area contributed by atoms with E-state index in [2.05, 4.69) is 0 Å². The van der Waals surface area contributed by atoms with E-state index in [0.29, 0.717) is 0 Å². The second kappa shape index (κ2) is 2.69. The van der Waals surface area contributed by atoms with E-state index in [-0.39, 0.29) is 0 Å². The van der Waals surface area contributed by atoms with Crippen LogP contribution in [0.25, 0.3) is 0 Å². The molecule has 2 heteroatoms. The van der Waals surface area contributed by atoms with Gasteiger partial charge in [0.2, 0.25) is 0 Å². The fourth-order valence-corrected chi connectivity index (χ4v) is 0.838. The molecule has 0 bridgehead atoms. The normalized spacial score (nSPS) is 9.30. The van der Waals surface area contributed by atoms with Crippen LogP contribution in [-0.2, 0) is 0 Å². The lowest BCUT2D eigenvalue weighted by Crippen LogP contribution is -2.07. The summed E-state index contributed by atoms with van der Waals surface area (Å²) in [6, 6.07) is 5.68. The molecule has 0 aliphatic rings. The van der Waals surface area contributed by atoms with Gasteiger partial charge in [0.15, 0.2) is 0 Å². The molecule has 0 fully saturated rings. The van der Waals surface area contributed by atoms with Crippen molar-refractivity contribution in [3.05, 3.63) is 29.3 Å². The van der Waals surface area contributed by atoms with Gasteiger partial charge in [-0.25, -0.2) is 0 Å². The molecular weight excluding hydrogens is 123 g/mol. The molecule has 10 heavy (non-hydrogen) atoms. The molecule has 0 spiro atoms. The molecule has 0 unspecified atom stereocenters. The van der Waals surface area contributed by atoms with E-state index in [4.69, 9.17) is 0 Å². The molecule has 0 radical (unpaired) electrons. The lowest BCUT2D eigenvalue weighted by molar-refractivity contribution is 0.112. The van der Waals surface area contributed by atoms with Crippen LogP contribution in [0.5, 0.6) is 0 Å².